The van der Waals surface area contributed by atoms with Crippen LogP contribution < -0.4 is 20.7 Å². The van der Waals surface area contributed by atoms with Crippen LogP contribution in [0.1, 0.15) is 38.3 Å². The molecule has 5 atom stereocenters. The Kier molecular flexibility index (Phi) is 10.0. The van der Waals surface area contributed by atoms with Crippen LogP contribution in [-0.2, 0) is 25.6 Å². The van der Waals surface area contributed by atoms with E-state index in [1.807, 2.05) is 56.3 Å². The summed E-state index contributed by atoms with van der Waals surface area (Å²) in [5.41, 5.74) is 1.74. The number of amides is 4. The Morgan fingerprint density at radius 2 is 1.71 bits per heavy atom. The quantitative estimate of drug-likeness (QED) is 0.464. The van der Waals surface area contributed by atoms with Gasteiger partial charge in [0, 0.05) is 25.6 Å². The highest BCUT2D eigenvalue weighted by Crippen LogP contribution is 2.27. The number of ether oxygens (including phenoxy) is 1. The molecular formula is C32H41N5O5. The second kappa shape index (κ2) is 13.7. The van der Waals surface area contributed by atoms with E-state index in [9.17, 15) is 19.2 Å². The van der Waals surface area contributed by atoms with Gasteiger partial charge in [-0.2, -0.15) is 0 Å². The van der Waals surface area contributed by atoms with Crippen LogP contribution >= 0.6 is 0 Å². The first-order valence-electron chi connectivity index (χ1n) is 14.4. The number of likely N-dealkylation sites (tertiary alicyclic amines) is 1. The number of carbonyl (C=O) groups excluding carboxylic acids is 4. The summed E-state index contributed by atoms with van der Waals surface area (Å²) in [5.74, 6) is -1.17. The van der Waals surface area contributed by atoms with E-state index < -0.39 is 36.2 Å². The Morgan fingerprint density at radius 3 is 2.36 bits per heavy atom. The summed E-state index contributed by atoms with van der Waals surface area (Å²) in [5, 5.41) is 8.59. The molecule has 2 bridgehead atoms. The number of hydrogen-bond acceptors (Lipinski definition) is 6. The van der Waals surface area contributed by atoms with Crippen molar-refractivity contribution in [1.82, 2.24) is 25.8 Å². The van der Waals surface area contributed by atoms with Gasteiger partial charge in [0.25, 0.3) is 0 Å². The topological polar surface area (TPSA) is 120 Å². The summed E-state index contributed by atoms with van der Waals surface area (Å²) in [6.45, 7) is 5.74. The summed E-state index contributed by atoms with van der Waals surface area (Å²) in [6, 6.07) is 13.5. The maximum atomic E-state index is 14.0. The van der Waals surface area contributed by atoms with Gasteiger partial charge in [-0.15, -0.1) is 0 Å². The highest BCUT2D eigenvalue weighted by atomic mass is 16.5. The third-order valence-electron chi connectivity index (χ3n) is 7.86. The van der Waals surface area contributed by atoms with Crippen molar-refractivity contribution in [3.63, 3.8) is 0 Å². The highest BCUT2D eigenvalue weighted by Gasteiger charge is 2.46. The van der Waals surface area contributed by atoms with E-state index in [0.717, 1.165) is 11.1 Å². The molecule has 224 valence electrons. The molecule has 0 spiro atoms. The van der Waals surface area contributed by atoms with Crippen LogP contribution in [0.15, 0.2) is 60.8 Å². The van der Waals surface area contributed by atoms with Crippen molar-refractivity contribution in [3.8, 4) is 5.75 Å². The molecule has 1 fully saturated rings. The third kappa shape index (κ3) is 7.36. The number of benzene rings is 2. The highest BCUT2D eigenvalue weighted by molar-refractivity contribution is 5.96. The van der Waals surface area contributed by atoms with Gasteiger partial charge in [0.1, 0.15) is 30.0 Å². The molecule has 3 heterocycles. The van der Waals surface area contributed by atoms with Crippen molar-refractivity contribution in [1.29, 1.82) is 0 Å². The van der Waals surface area contributed by atoms with Crippen LogP contribution in [0.5, 0.6) is 5.75 Å². The lowest BCUT2D eigenvalue weighted by atomic mass is 10.0. The van der Waals surface area contributed by atoms with E-state index in [4.69, 9.17) is 4.74 Å². The minimum Gasteiger partial charge on any atom is -0.488 e. The second-order valence-electron chi connectivity index (χ2n) is 11.5. The lowest BCUT2D eigenvalue weighted by Gasteiger charge is -2.33. The number of rotatable bonds is 7. The molecule has 10 nitrogen and oxygen atoms in total. The minimum absolute atomic E-state index is 0.228. The van der Waals surface area contributed by atoms with Crippen molar-refractivity contribution in [2.75, 3.05) is 20.6 Å². The molecule has 5 rings (SSSR count). The lowest BCUT2D eigenvalue weighted by Crippen LogP contribution is -2.60. The van der Waals surface area contributed by atoms with Crippen LogP contribution in [-0.4, -0.2) is 84.3 Å². The van der Waals surface area contributed by atoms with Crippen LogP contribution in [0.2, 0.25) is 0 Å². The van der Waals surface area contributed by atoms with Crippen molar-refractivity contribution in [2.45, 2.75) is 63.9 Å². The number of carbonyl (C=O) groups is 4. The number of fused-ring (bicyclic) bond motifs is 7. The first-order chi connectivity index (χ1) is 20.0. The average molecular weight is 576 g/mol. The third-order valence-corrected chi connectivity index (χ3v) is 7.86. The Morgan fingerprint density at radius 1 is 1.02 bits per heavy atom. The largest absolute Gasteiger partial charge is 0.488 e. The van der Waals surface area contributed by atoms with E-state index >= 15 is 0 Å². The Hall–Kier alpha value is -4.18. The maximum Gasteiger partial charge on any atom is 0.247 e. The van der Waals surface area contributed by atoms with E-state index in [1.165, 1.54) is 4.90 Å². The van der Waals surface area contributed by atoms with Gasteiger partial charge in [-0.05, 0) is 56.3 Å². The standard InChI is InChI=1S/C32H41N5O5/c1-20(2)27(35-29(38)21(3)36(4)5)32(41)37-18-16-26-28(37)31(40)34-25(19-23-9-7-6-8-10-23)30(39)33-17-15-22-11-13-24(42-26)14-12-22/h6-15,17,20-21,25-28H,16,18-19H2,1-5H3,(H,33,39)(H,34,40)(H,35,38)/b17-15-/t21-,25-,26-,27-,28+/m0/s1. The molecule has 3 aliphatic heterocycles. The Bertz CT molecular complexity index is 1290. The van der Waals surface area contributed by atoms with Crippen LogP contribution in [0.4, 0.5) is 0 Å². The molecule has 3 N–H and O–H groups in total. The molecule has 2 aromatic rings. The number of likely N-dealkylation sites (N-methyl/N-ethyl adjacent to an activating group) is 1. The van der Waals surface area contributed by atoms with Crippen LogP contribution in [0.25, 0.3) is 6.08 Å². The summed E-state index contributed by atoms with van der Waals surface area (Å²) in [4.78, 5) is 57.5. The van der Waals surface area contributed by atoms with Gasteiger partial charge in [-0.25, -0.2) is 0 Å². The molecule has 0 aromatic heterocycles. The van der Waals surface area contributed by atoms with Gasteiger partial charge in [0.2, 0.25) is 23.6 Å². The monoisotopic (exact) mass is 575 g/mol. The molecule has 0 radical (unpaired) electrons. The molecule has 1 saturated heterocycles. The van der Waals surface area contributed by atoms with E-state index in [-0.39, 0.29) is 36.6 Å². The lowest BCUT2D eigenvalue weighted by molar-refractivity contribution is -0.144. The summed E-state index contributed by atoms with van der Waals surface area (Å²) >= 11 is 0. The Labute approximate surface area is 247 Å². The van der Waals surface area contributed by atoms with Crippen molar-refractivity contribution < 1.29 is 23.9 Å². The number of hydrogen-bond donors (Lipinski definition) is 3. The molecule has 2 aromatic carbocycles. The smallest absolute Gasteiger partial charge is 0.247 e. The summed E-state index contributed by atoms with van der Waals surface area (Å²) < 4.78 is 6.28. The fourth-order valence-electron chi connectivity index (χ4n) is 5.11. The molecule has 4 amide bonds. The van der Waals surface area contributed by atoms with Gasteiger partial charge >= 0.3 is 0 Å². The molecular weight excluding hydrogens is 534 g/mol. The van der Waals surface area contributed by atoms with Crippen molar-refractivity contribution >= 4 is 29.7 Å². The van der Waals surface area contributed by atoms with Crippen LogP contribution in [0, 0.1) is 5.92 Å². The molecule has 0 unspecified atom stereocenters. The number of nitrogens with zero attached hydrogens (tertiary/aromatic N) is 2. The predicted molar refractivity (Wildman–Crippen MR) is 160 cm³/mol. The van der Waals surface area contributed by atoms with E-state index in [2.05, 4.69) is 16.0 Å². The zero-order valence-corrected chi connectivity index (χ0v) is 24.9. The SMILES string of the molecule is CC(C)[C@H](NC(=O)[C@H](C)N(C)C)C(=O)N1CC[C@@H]2Oc3ccc(cc3)/C=C\NC(=O)[C@H](Cc3ccccc3)NC(=O)[C@@H]21. The molecule has 3 aliphatic rings. The first kappa shape index (κ1) is 30.8. The molecule has 10 heteroatoms. The zero-order chi connectivity index (χ0) is 30.4. The van der Waals surface area contributed by atoms with Gasteiger partial charge < -0.3 is 25.6 Å². The van der Waals surface area contributed by atoms with E-state index in [1.54, 1.807) is 50.3 Å². The maximum absolute atomic E-state index is 14.0. The molecule has 0 saturated carbocycles. The zero-order valence-electron chi connectivity index (χ0n) is 24.9. The van der Waals surface area contributed by atoms with Crippen LogP contribution in [0.3, 0.4) is 0 Å². The van der Waals surface area contributed by atoms with Crippen molar-refractivity contribution in [2.24, 2.45) is 5.92 Å². The fourth-order valence-corrected chi connectivity index (χ4v) is 5.11. The van der Waals surface area contributed by atoms with Gasteiger partial charge in [-0.1, -0.05) is 56.3 Å². The minimum atomic E-state index is -1.01. The predicted octanol–water partition coefficient (Wildman–Crippen LogP) is 1.95. The molecule has 0 aliphatic carbocycles. The average Bonchev–Trinajstić information content (AvgIpc) is 3.39. The fraction of sp³-hybridized carbons (Fsp3) is 0.438. The second-order valence-corrected chi connectivity index (χ2v) is 11.5. The van der Waals surface area contributed by atoms with E-state index in [0.29, 0.717) is 12.2 Å². The van der Waals surface area contributed by atoms with Crippen molar-refractivity contribution in [3.05, 3.63) is 71.9 Å². The normalized spacial score (nSPS) is 22.8. The number of nitrogens with one attached hydrogen (secondary N) is 3. The summed E-state index contributed by atoms with van der Waals surface area (Å²) in [7, 11) is 3.59. The Balaban J connectivity index is 1.66. The first-order valence-corrected chi connectivity index (χ1v) is 14.4. The summed E-state index contributed by atoms with van der Waals surface area (Å²) in [6.07, 6.45) is 3.34. The van der Waals surface area contributed by atoms with Gasteiger partial charge in [-0.3, -0.25) is 24.1 Å². The van der Waals surface area contributed by atoms with Gasteiger partial charge in [0.15, 0.2) is 0 Å². The molecule has 42 heavy (non-hydrogen) atoms. The van der Waals surface area contributed by atoms with Gasteiger partial charge in [0.05, 0.1) is 6.04 Å².